The van der Waals surface area contributed by atoms with Gasteiger partial charge in [-0.3, -0.25) is 4.90 Å². The highest BCUT2D eigenvalue weighted by atomic mass is 35.5. The molecule has 1 aliphatic heterocycles. The molecule has 6 nitrogen and oxygen atoms in total. The summed E-state index contributed by atoms with van der Waals surface area (Å²) in [7, 11) is 1.47. The van der Waals surface area contributed by atoms with Crippen LogP contribution in [-0.4, -0.2) is 34.5 Å². The first-order valence-corrected chi connectivity index (χ1v) is 7.14. The molecule has 0 spiro atoms. The topological polar surface area (TPSA) is 75.8 Å². The number of fused-ring (bicyclic) bond motifs is 1. The van der Waals surface area contributed by atoms with Crippen LogP contribution >= 0.6 is 11.6 Å². The molecule has 1 N–H and O–H groups in total. The van der Waals surface area contributed by atoms with Gasteiger partial charge in [0.15, 0.2) is 6.23 Å². The fourth-order valence-corrected chi connectivity index (χ4v) is 2.96. The van der Waals surface area contributed by atoms with E-state index in [1.54, 1.807) is 6.07 Å². The molecule has 1 aromatic carbocycles. The predicted molar refractivity (Wildman–Crippen MR) is 80.3 cm³/mol. The van der Waals surface area contributed by atoms with E-state index >= 15 is 0 Å². The van der Waals surface area contributed by atoms with Gasteiger partial charge in [0.2, 0.25) is 0 Å². The van der Waals surface area contributed by atoms with Crippen molar-refractivity contribution < 1.29 is 19.2 Å². The molecule has 1 amide bonds. The summed E-state index contributed by atoms with van der Waals surface area (Å²) in [5, 5.41) is 13.5. The number of likely N-dealkylation sites (N-methyl/N-ethyl adjacent to an activating group) is 1. The third-order valence-corrected chi connectivity index (χ3v) is 4.11. The lowest BCUT2D eigenvalue weighted by molar-refractivity contribution is 0.0608. The van der Waals surface area contributed by atoms with Gasteiger partial charge in [0.25, 0.3) is 0 Å². The maximum atomic E-state index is 11.1. The van der Waals surface area contributed by atoms with E-state index in [1.165, 1.54) is 7.05 Å². The standard InChI is InChI=1S/C15H15ClN2O4/c1-7-13(8(2)22-17-7)9-4-10-6-12(18(3)15(19)20)21-14(10)11(16)5-9/h4-5,12H,6H2,1-3H3,(H,19,20). The van der Waals surface area contributed by atoms with Crippen molar-refractivity contribution in [2.75, 3.05) is 7.05 Å². The van der Waals surface area contributed by atoms with Crippen molar-refractivity contribution in [2.45, 2.75) is 26.5 Å². The van der Waals surface area contributed by atoms with Gasteiger partial charge in [-0.25, -0.2) is 4.79 Å². The minimum atomic E-state index is -1.04. The summed E-state index contributed by atoms with van der Waals surface area (Å²) in [6.45, 7) is 3.71. The Morgan fingerprint density at radius 1 is 1.45 bits per heavy atom. The number of hydrogen-bond acceptors (Lipinski definition) is 4. The van der Waals surface area contributed by atoms with E-state index in [4.69, 9.17) is 26.0 Å². The smallest absolute Gasteiger partial charge is 0.409 e. The van der Waals surface area contributed by atoms with E-state index in [2.05, 4.69) is 5.16 Å². The SMILES string of the molecule is Cc1noc(C)c1-c1cc(Cl)c2c(c1)CC(N(C)C(=O)O)O2. The first-order chi connectivity index (χ1) is 10.4. The highest BCUT2D eigenvalue weighted by Crippen LogP contribution is 2.41. The number of aromatic nitrogens is 1. The lowest BCUT2D eigenvalue weighted by Gasteiger charge is -2.20. The number of nitrogens with zero attached hydrogens (tertiary/aromatic N) is 2. The number of carbonyl (C=O) groups is 1. The minimum Gasteiger partial charge on any atom is -0.468 e. The number of amides is 1. The van der Waals surface area contributed by atoms with Crippen LogP contribution in [0.3, 0.4) is 0 Å². The molecule has 0 saturated heterocycles. The Balaban J connectivity index is 2.00. The zero-order chi connectivity index (χ0) is 16.0. The molecule has 2 heterocycles. The molecular formula is C15H15ClN2O4. The second-order valence-corrected chi connectivity index (χ2v) is 5.72. The Labute approximate surface area is 132 Å². The quantitative estimate of drug-likeness (QED) is 0.916. The Morgan fingerprint density at radius 3 is 2.77 bits per heavy atom. The van der Waals surface area contributed by atoms with Gasteiger partial charge in [-0.15, -0.1) is 0 Å². The molecular weight excluding hydrogens is 308 g/mol. The molecule has 7 heteroatoms. The molecule has 1 aliphatic rings. The van der Waals surface area contributed by atoms with Crippen molar-refractivity contribution in [2.24, 2.45) is 0 Å². The number of ether oxygens (including phenoxy) is 1. The highest BCUT2D eigenvalue weighted by molar-refractivity contribution is 6.32. The second-order valence-electron chi connectivity index (χ2n) is 5.32. The van der Waals surface area contributed by atoms with E-state index in [9.17, 15) is 4.79 Å². The van der Waals surface area contributed by atoms with Crippen LogP contribution in [0.1, 0.15) is 17.0 Å². The van der Waals surface area contributed by atoms with E-state index in [0.717, 1.165) is 27.3 Å². The summed E-state index contributed by atoms with van der Waals surface area (Å²) in [6.07, 6.45) is -1.15. The summed E-state index contributed by atoms with van der Waals surface area (Å²) >= 11 is 6.30. The van der Waals surface area contributed by atoms with Crippen LogP contribution < -0.4 is 4.74 Å². The van der Waals surface area contributed by atoms with Crippen molar-refractivity contribution in [1.82, 2.24) is 10.1 Å². The maximum Gasteiger partial charge on any atom is 0.409 e. The monoisotopic (exact) mass is 322 g/mol. The number of hydrogen-bond donors (Lipinski definition) is 1. The third-order valence-electron chi connectivity index (χ3n) is 3.82. The molecule has 116 valence electrons. The van der Waals surface area contributed by atoms with E-state index in [-0.39, 0.29) is 0 Å². The maximum absolute atomic E-state index is 11.1. The van der Waals surface area contributed by atoms with Gasteiger partial charge in [0.1, 0.15) is 11.5 Å². The molecule has 0 bridgehead atoms. The van der Waals surface area contributed by atoms with Gasteiger partial charge in [0.05, 0.1) is 10.7 Å². The van der Waals surface area contributed by atoms with Gasteiger partial charge in [-0.2, -0.15) is 0 Å². The van der Waals surface area contributed by atoms with E-state index in [0.29, 0.717) is 23.0 Å². The Bertz CT molecular complexity index is 737. The van der Waals surface area contributed by atoms with Crippen molar-refractivity contribution in [1.29, 1.82) is 0 Å². The summed E-state index contributed by atoms with van der Waals surface area (Å²) in [5.74, 6) is 1.25. The largest absolute Gasteiger partial charge is 0.468 e. The summed E-state index contributed by atoms with van der Waals surface area (Å²) < 4.78 is 10.9. The van der Waals surface area contributed by atoms with Crippen LogP contribution in [0.25, 0.3) is 11.1 Å². The van der Waals surface area contributed by atoms with Crippen LogP contribution in [0, 0.1) is 13.8 Å². The zero-order valence-electron chi connectivity index (χ0n) is 12.4. The molecule has 0 radical (unpaired) electrons. The average Bonchev–Trinajstić information content (AvgIpc) is 3.02. The summed E-state index contributed by atoms with van der Waals surface area (Å²) in [5.41, 5.74) is 3.45. The first kappa shape index (κ1) is 14.7. The van der Waals surface area contributed by atoms with Gasteiger partial charge in [-0.05, 0) is 31.5 Å². The number of carboxylic acid groups (broad SMARTS) is 1. The van der Waals surface area contributed by atoms with Crippen molar-refractivity contribution in [3.8, 4) is 16.9 Å². The number of rotatable bonds is 2. The number of aryl methyl sites for hydroxylation is 2. The Morgan fingerprint density at radius 2 is 2.18 bits per heavy atom. The molecule has 0 saturated carbocycles. The average molecular weight is 323 g/mol. The van der Waals surface area contributed by atoms with Crippen molar-refractivity contribution >= 4 is 17.7 Å². The lowest BCUT2D eigenvalue weighted by atomic mass is 10.0. The molecule has 3 rings (SSSR count). The van der Waals surface area contributed by atoms with Crippen LogP contribution in [0.5, 0.6) is 5.75 Å². The van der Waals surface area contributed by atoms with E-state index < -0.39 is 12.3 Å². The molecule has 0 aliphatic carbocycles. The van der Waals surface area contributed by atoms with Gasteiger partial charge in [0, 0.05) is 24.6 Å². The Kier molecular flexibility index (Phi) is 3.48. The molecule has 1 atom stereocenters. The summed E-state index contributed by atoms with van der Waals surface area (Å²) in [4.78, 5) is 12.2. The molecule has 0 fully saturated rings. The van der Waals surface area contributed by atoms with Crippen molar-refractivity contribution in [3.05, 3.63) is 34.2 Å². The second kappa shape index (κ2) is 5.21. The van der Waals surface area contributed by atoms with E-state index in [1.807, 2.05) is 19.9 Å². The molecule has 22 heavy (non-hydrogen) atoms. The van der Waals surface area contributed by atoms with Crippen LogP contribution in [0.15, 0.2) is 16.7 Å². The first-order valence-electron chi connectivity index (χ1n) is 6.76. The normalized spacial score (nSPS) is 16.3. The zero-order valence-corrected chi connectivity index (χ0v) is 13.1. The predicted octanol–water partition coefficient (Wildman–Crippen LogP) is 3.48. The Hall–Kier alpha value is -2.21. The highest BCUT2D eigenvalue weighted by Gasteiger charge is 2.31. The van der Waals surface area contributed by atoms with Crippen LogP contribution in [0.4, 0.5) is 4.79 Å². The minimum absolute atomic E-state index is 0.453. The van der Waals surface area contributed by atoms with Gasteiger partial charge >= 0.3 is 6.09 Å². The third kappa shape index (κ3) is 2.29. The molecule has 2 aromatic rings. The number of benzene rings is 1. The van der Waals surface area contributed by atoms with Gasteiger partial charge in [-0.1, -0.05) is 16.8 Å². The molecule has 1 aromatic heterocycles. The van der Waals surface area contributed by atoms with Crippen LogP contribution in [-0.2, 0) is 6.42 Å². The van der Waals surface area contributed by atoms with Crippen molar-refractivity contribution in [3.63, 3.8) is 0 Å². The summed E-state index contributed by atoms with van der Waals surface area (Å²) in [6, 6.07) is 3.74. The molecule has 1 unspecified atom stereocenters. The van der Waals surface area contributed by atoms with Crippen LogP contribution in [0.2, 0.25) is 5.02 Å². The fraction of sp³-hybridized carbons (Fsp3) is 0.333. The number of halogens is 1. The fourth-order valence-electron chi connectivity index (χ4n) is 2.68. The lowest BCUT2D eigenvalue weighted by Crippen LogP contribution is -2.38. The van der Waals surface area contributed by atoms with Gasteiger partial charge < -0.3 is 14.4 Å².